The summed E-state index contributed by atoms with van der Waals surface area (Å²) in [7, 11) is 1.66. The highest BCUT2D eigenvalue weighted by Crippen LogP contribution is 2.24. The molecule has 10 heteroatoms. The van der Waals surface area contributed by atoms with Gasteiger partial charge in [-0.3, -0.25) is 14.0 Å². The second kappa shape index (κ2) is 11.6. The minimum absolute atomic E-state index is 0.0397. The van der Waals surface area contributed by atoms with Gasteiger partial charge < -0.3 is 20.7 Å². The molecule has 3 rings (SSSR count). The predicted octanol–water partition coefficient (Wildman–Crippen LogP) is 4.37. The fourth-order valence-electron chi connectivity index (χ4n) is 4.00. The number of carbonyl (C=O) groups is 2. The summed E-state index contributed by atoms with van der Waals surface area (Å²) in [5, 5.41) is 17.5. The Morgan fingerprint density at radius 2 is 1.86 bits per heavy atom. The van der Waals surface area contributed by atoms with Gasteiger partial charge in [-0.05, 0) is 49.3 Å². The molecule has 0 aliphatic rings. The molecule has 2 unspecified atom stereocenters. The van der Waals surface area contributed by atoms with Crippen molar-refractivity contribution in [3.05, 3.63) is 24.5 Å². The van der Waals surface area contributed by atoms with Crippen LogP contribution in [0, 0.1) is 11.3 Å². The van der Waals surface area contributed by atoms with Crippen molar-refractivity contribution in [3.63, 3.8) is 0 Å². The maximum atomic E-state index is 12.3. The number of nitrogens with zero attached hydrogens (tertiary/aromatic N) is 4. The van der Waals surface area contributed by atoms with Crippen molar-refractivity contribution in [1.29, 1.82) is 0 Å². The molecular formula is C26H39N7O3. The maximum Gasteiger partial charge on any atom is 0.225 e. The Labute approximate surface area is 212 Å². The monoisotopic (exact) mass is 497 g/mol. The lowest BCUT2D eigenvalue weighted by Gasteiger charge is -2.23. The van der Waals surface area contributed by atoms with Gasteiger partial charge >= 0.3 is 0 Å². The average Bonchev–Trinajstić information content (AvgIpc) is 3.25. The summed E-state index contributed by atoms with van der Waals surface area (Å²) in [5.74, 6) is 0.594. The minimum atomic E-state index is -0.233. The molecule has 0 saturated carbocycles. The zero-order chi connectivity index (χ0) is 26.5. The number of nitrogens with one attached hydrogen (secondary N) is 3. The summed E-state index contributed by atoms with van der Waals surface area (Å²) in [5.41, 5.74) is 2.81. The number of rotatable bonds is 11. The highest BCUT2D eigenvalue weighted by Gasteiger charge is 2.19. The molecule has 0 bridgehead atoms. The largest absolute Gasteiger partial charge is 0.362 e. The molecule has 3 N–H and O–H groups in total. The summed E-state index contributed by atoms with van der Waals surface area (Å²) < 4.78 is 7.46. The van der Waals surface area contributed by atoms with Crippen LogP contribution >= 0.6 is 0 Å². The molecule has 0 fully saturated rings. The second-order valence-electron chi connectivity index (χ2n) is 11.0. The van der Waals surface area contributed by atoms with E-state index in [1.165, 1.54) is 0 Å². The molecule has 196 valence electrons. The highest BCUT2D eigenvalue weighted by molar-refractivity contribution is 5.95. The molecule has 2 atom stereocenters. The standard InChI is InChI=1S/C26H39N7O3/c1-16(2)12-21(34)31-24-25-32-27-15-33(25)20-13-18(9-10-19(20)30-24)29-23(36-7)11-8-17(3)28-22(35)14-26(4,5)6/h9-10,13,15-17,23,29H,8,11-12,14H2,1-7H3,(H,28,35)(H,30,31,34). The number of methoxy groups -OCH3 is 1. The van der Waals surface area contributed by atoms with Crippen molar-refractivity contribution in [2.75, 3.05) is 17.7 Å². The van der Waals surface area contributed by atoms with Crippen molar-refractivity contribution in [2.24, 2.45) is 11.3 Å². The lowest BCUT2D eigenvalue weighted by molar-refractivity contribution is -0.123. The Bertz CT molecular complexity index is 1200. The van der Waals surface area contributed by atoms with E-state index in [2.05, 4.69) is 51.9 Å². The number of fused-ring (bicyclic) bond motifs is 3. The van der Waals surface area contributed by atoms with Crippen LogP contribution in [-0.2, 0) is 14.3 Å². The molecular weight excluding hydrogens is 458 g/mol. The zero-order valence-corrected chi connectivity index (χ0v) is 22.4. The molecule has 2 aromatic heterocycles. The molecule has 0 spiro atoms. The molecule has 1 aromatic carbocycles. The van der Waals surface area contributed by atoms with Crippen molar-refractivity contribution >= 4 is 40.0 Å². The molecule has 2 amide bonds. The van der Waals surface area contributed by atoms with Crippen LogP contribution in [0.3, 0.4) is 0 Å². The number of ether oxygens (including phenoxy) is 1. The molecule has 0 aliphatic carbocycles. The van der Waals surface area contributed by atoms with E-state index < -0.39 is 0 Å². The van der Waals surface area contributed by atoms with Crippen LogP contribution in [0.25, 0.3) is 16.7 Å². The topological polar surface area (TPSA) is 123 Å². The fraction of sp³-hybridized carbons (Fsp3) is 0.577. The number of amides is 2. The van der Waals surface area contributed by atoms with Crippen LogP contribution in [0.1, 0.15) is 67.2 Å². The molecule has 0 radical (unpaired) electrons. The van der Waals surface area contributed by atoms with Gasteiger partial charge in [0.1, 0.15) is 12.6 Å². The minimum Gasteiger partial charge on any atom is -0.362 e. The summed E-state index contributed by atoms with van der Waals surface area (Å²) in [4.78, 5) is 29.1. The van der Waals surface area contributed by atoms with Gasteiger partial charge in [-0.25, -0.2) is 4.98 Å². The van der Waals surface area contributed by atoms with E-state index in [1.54, 1.807) is 13.4 Å². The summed E-state index contributed by atoms with van der Waals surface area (Å²) in [6, 6.07) is 5.81. The van der Waals surface area contributed by atoms with E-state index in [1.807, 2.05) is 43.4 Å². The van der Waals surface area contributed by atoms with E-state index in [0.29, 0.717) is 36.2 Å². The first kappa shape index (κ1) is 27.3. The first-order valence-electron chi connectivity index (χ1n) is 12.5. The van der Waals surface area contributed by atoms with E-state index in [-0.39, 0.29) is 35.4 Å². The van der Waals surface area contributed by atoms with Crippen LogP contribution in [0.5, 0.6) is 0 Å². The number of hydrogen-bond acceptors (Lipinski definition) is 7. The van der Waals surface area contributed by atoms with Gasteiger partial charge in [0.05, 0.1) is 11.0 Å². The van der Waals surface area contributed by atoms with Crippen LogP contribution in [-0.4, -0.2) is 50.8 Å². The Kier molecular flexibility index (Phi) is 8.84. The predicted molar refractivity (Wildman–Crippen MR) is 142 cm³/mol. The van der Waals surface area contributed by atoms with Gasteiger partial charge in [0.2, 0.25) is 17.5 Å². The first-order chi connectivity index (χ1) is 16.9. The van der Waals surface area contributed by atoms with Crippen molar-refractivity contribution in [2.45, 2.75) is 79.5 Å². The number of anilines is 2. The number of hydrogen-bond donors (Lipinski definition) is 3. The molecule has 36 heavy (non-hydrogen) atoms. The smallest absolute Gasteiger partial charge is 0.225 e. The van der Waals surface area contributed by atoms with Crippen molar-refractivity contribution in [3.8, 4) is 0 Å². The number of carbonyl (C=O) groups excluding carboxylic acids is 2. The fourth-order valence-corrected chi connectivity index (χ4v) is 4.00. The van der Waals surface area contributed by atoms with Crippen molar-refractivity contribution < 1.29 is 14.3 Å². The van der Waals surface area contributed by atoms with Gasteiger partial charge in [0.15, 0.2) is 5.82 Å². The Morgan fingerprint density at radius 3 is 2.53 bits per heavy atom. The quantitative estimate of drug-likeness (QED) is 0.336. The molecule has 10 nitrogen and oxygen atoms in total. The maximum absolute atomic E-state index is 12.3. The van der Waals surface area contributed by atoms with E-state index in [9.17, 15) is 9.59 Å². The average molecular weight is 498 g/mol. The van der Waals surface area contributed by atoms with Crippen LogP contribution < -0.4 is 16.0 Å². The third kappa shape index (κ3) is 7.61. The highest BCUT2D eigenvalue weighted by atomic mass is 16.5. The molecule has 3 aromatic rings. The lowest BCUT2D eigenvalue weighted by atomic mass is 9.92. The SMILES string of the molecule is COC(CCC(C)NC(=O)CC(C)(C)C)Nc1ccc2nc(NC(=O)CC(C)C)c3nncn3c2c1. The van der Waals surface area contributed by atoms with E-state index >= 15 is 0 Å². The molecule has 0 saturated heterocycles. The van der Waals surface area contributed by atoms with Crippen LogP contribution in [0.2, 0.25) is 0 Å². The third-order valence-electron chi connectivity index (χ3n) is 5.65. The van der Waals surface area contributed by atoms with Gasteiger partial charge in [0.25, 0.3) is 0 Å². The summed E-state index contributed by atoms with van der Waals surface area (Å²) in [6.45, 7) is 12.2. The zero-order valence-electron chi connectivity index (χ0n) is 22.4. The molecule has 2 heterocycles. The van der Waals surface area contributed by atoms with E-state index in [0.717, 1.165) is 17.6 Å². The van der Waals surface area contributed by atoms with Crippen LogP contribution in [0.15, 0.2) is 24.5 Å². The summed E-state index contributed by atoms with van der Waals surface area (Å²) in [6.07, 6.45) is 3.76. The number of aromatic nitrogens is 4. The van der Waals surface area contributed by atoms with Gasteiger partial charge in [0, 0.05) is 31.7 Å². The first-order valence-corrected chi connectivity index (χ1v) is 12.5. The van der Waals surface area contributed by atoms with Crippen LogP contribution in [0.4, 0.5) is 11.5 Å². The Morgan fingerprint density at radius 1 is 1.11 bits per heavy atom. The normalized spacial score (nSPS) is 13.7. The van der Waals surface area contributed by atoms with Gasteiger partial charge in [-0.2, -0.15) is 0 Å². The Balaban J connectivity index is 1.69. The second-order valence-corrected chi connectivity index (χ2v) is 11.0. The van der Waals surface area contributed by atoms with Gasteiger partial charge in [-0.1, -0.05) is 34.6 Å². The Hall–Kier alpha value is -3.27. The molecule has 0 aliphatic heterocycles. The summed E-state index contributed by atoms with van der Waals surface area (Å²) >= 11 is 0. The number of benzene rings is 1. The van der Waals surface area contributed by atoms with Crippen molar-refractivity contribution in [1.82, 2.24) is 24.9 Å². The third-order valence-corrected chi connectivity index (χ3v) is 5.65. The van der Waals surface area contributed by atoms with E-state index in [4.69, 9.17) is 4.74 Å². The van der Waals surface area contributed by atoms with Gasteiger partial charge in [-0.15, -0.1) is 10.2 Å². The lowest BCUT2D eigenvalue weighted by Crippen LogP contribution is -2.36.